The first-order valence-electron chi connectivity index (χ1n) is 5.66. The van der Waals surface area contributed by atoms with Gasteiger partial charge in [-0.3, -0.25) is 0 Å². The second-order valence-electron chi connectivity index (χ2n) is 3.82. The van der Waals surface area contributed by atoms with Gasteiger partial charge >= 0.3 is 0 Å². The van der Waals surface area contributed by atoms with Gasteiger partial charge in [0.15, 0.2) is 0 Å². The van der Waals surface area contributed by atoms with E-state index in [4.69, 9.17) is 15.2 Å². The largest absolute Gasteiger partial charge is 0.495 e. The first kappa shape index (κ1) is 14.8. The Morgan fingerprint density at radius 3 is 2.43 bits per heavy atom. The number of nitrogens with two attached hydrogens (primary N) is 1. The van der Waals surface area contributed by atoms with Gasteiger partial charge in [0, 0.05) is 6.07 Å². The van der Waals surface area contributed by atoms with E-state index in [0.717, 1.165) is 0 Å². The van der Waals surface area contributed by atoms with Crippen molar-refractivity contribution in [3.05, 3.63) is 24.5 Å². The Bertz CT molecular complexity index is 736. The van der Waals surface area contributed by atoms with E-state index in [-0.39, 0.29) is 22.3 Å². The molecule has 0 spiro atoms. The molecule has 9 nitrogen and oxygen atoms in total. The fourth-order valence-electron chi connectivity index (χ4n) is 1.57. The van der Waals surface area contributed by atoms with E-state index in [1.54, 1.807) is 0 Å². The van der Waals surface area contributed by atoms with Crippen LogP contribution in [0.3, 0.4) is 0 Å². The molecule has 0 saturated carbocycles. The minimum atomic E-state index is -3.98. The highest BCUT2D eigenvalue weighted by Gasteiger charge is 2.23. The minimum absolute atomic E-state index is 0.0810. The highest BCUT2D eigenvalue weighted by molar-refractivity contribution is 7.92. The zero-order chi connectivity index (χ0) is 15.5. The maximum Gasteiger partial charge on any atom is 0.268 e. The van der Waals surface area contributed by atoms with E-state index in [1.807, 2.05) is 0 Å². The van der Waals surface area contributed by atoms with Gasteiger partial charge in [0.25, 0.3) is 16.0 Å². The van der Waals surface area contributed by atoms with Gasteiger partial charge in [-0.05, 0) is 6.07 Å². The summed E-state index contributed by atoms with van der Waals surface area (Å²) in [5.41, 5.74) is 5.89. The lowest BCUT2D eigenvalue weighted by molar-refractivity contribution is 0.387. The number of methoxy groups -OCH3 is 2. The molecule has 1 heterocycles. The standard InChI is InChI=1S/C11H13N5O4S/c1-19-8-6-9(20-2)10(5-7(8)12)21(17,18)16-11-13-3-4-14-15-11/h3-6H,12H2,1-2H3,(H,13,15,16). The van der Waals surface area contributed by atoms with Crippen molar-refractivity contribution in [3.63, 3.8) is 0 Å². The summed E-state index contributed by atoms with van der Waals surface area (Å²) in [6, 6.07) is 2.62. The summed E-state index contributed by atoms with van der Waals surface area (Å²) in [5.74, 6) is 0.231. The molecule has 1 aromatic carbocycles. The van der Waals surface area contributed by atoms with Crippen LogP contribution in [0.4, 0.5) is 11.6 Å². The van der Waals surface area contributed by atoms with Crippen LogP contribution in [-0.2, 0) is 10.0 Å². The van der Waals surface area contributed by atoms with Gasteiger partial charge in [-0.25, -0.2) is 18.1 Å². The summed E-state index contributed by atoms with van der Waals surface area (Å²) in [7, 11) is -1.22. The van der Waals surface area contributed by atoms with E-state index in [0.29, 0.717) is 5.75 Å². The van der Waals surface area contributed by atoms with Crippen LogP contribution in [0.15, 0.2) is 29.4 Å². The molecule has 0 fully saturated rings. The zero-order valence-corrected chi connectivity index (χ0v) is 12.1. The molecule has 0 saturated heterocycles. The van der Waals surface area contributed by atoms with Gasteiger partial charge in [0.05, 0.1) is 32.3 Å². The molecular weight excluding hydrogens is 298 g/mol. The molecule has 10 heteroatoms. The minimum Gasteiger partial charge on any atom is -0.495 e. The van der Waals surface area contributed by atoms with Crippen molar-refractivity contribution in [3.8, 4) is 11.5 Å². The van der Waals surface area contributed by atoms with Crippen molar-refractivity contribution in [1.82, 2.24) is 15.2 Å². The Kier molecular flexibility index (Phi) is 4.08. The summed E-state index contributed by atoms with van der Waals surface area (Å²) < 4.78 is 36.9. The molecular formula is C11H13N5O4S. The third-order valence-electron chi connectivity index (χ3n) is 2.51. The van der Waals surface area contributed by atoms with E-state index in [1.165, 1.54) is 38.7 Å². The van der Waals surface area contributed by atoms with Crippen molar-refractivity contribution in [2.45, 2.75) is 4.90 Å². The number of nitrogen functional groups attached to an aromatic ring is 1. The Hall–Kier alpha value is -2.62. The average Bonchev–Trinajstić information content (AvgIpc) is 2.47. The molecule has 112 valence electrons. The fraction of sp³-hybridized carbons (Fsp3) is 0.182. The molecule has 1 aromatic heterocycles. The second-order valence-corrected chi connectivity index (χ2v) is 5.47. The topological polar surface area (TPSA) is 129 Å². The third kappa shape index (κ3) is 3.11. The van der Waals surface area contributed by atoms with Crippen LogP contribution < -0.4 is 19.9 Å². The van der Waals surface area contributed by atoms with Crippen LogP contribution in [0.25, 0.3) is 0 Å². The van der Waals surface area contributed by atoms with Gasteiger partial charge in [-0.2, -0.15) is 5.10 Å². The smallest absolute Gasteiger partial charge is 0.268 e. The second kappa shape index (κ2) is 5.79. The van der Waals surface area contributed by atoms with Crippen molar-refractivity contribution >= 4 is 21.7 Å². The van der Waals surface area contributed by atoms with Crippen LogP contribution in [0, 0.1) is 0 Å². The Labute approximate surface area is 121 Å². The number of nitrogens with zero attached hydrogens (tertiary/aromatic N) is 3. The Balaban J connectivity index is 2.47. The summed E-state index contributed by atoms with van der Waals surface area (Å²) in [4.78, 5) is 3.58. The predicted molar refractivity (Wildman–Crippen MR) is 74.6 cm³/mol. The predicted octanol–water partition coefficient (Wildman–Crippen LogP) is 0.272. The SMILES string of the molecule is COc1cc(OC)c(S(=O)(=O)Nc2nccnn2)cc1N. The number of ether oxygens (including phenoxy) is 2. The van der Waals surface area contributed by atoms with E-state index in [9.17, 15) is 8.42 Å². The van der Waals surface area contributed by atoms with E-state index < -0.39 is 10.0 Å². The van der Waals surface area contributed by atoms with Crippen molar-refractivity contribution in [1.29, 1.82) is 0 Å². The summed E-state index contributed by atoms with van der Waals surface area (Å²) in [6.45, 7) is 0. The fourth-order valence-corrected chi connectivity index (χ4v) is 2.71. The van der Waals surface area contributed by atoms with Gasteiger partial charge in [0.1, 0.15) is 16.4 Å². The average molecular weight is 311 g/mol. The maximum atomic E-state index is 12.3. The van der Waals surface area contributed by atoms with Crippen LogP contribution in [-0.4, -0.2) is 37.8 Å². The number of benzene rings is 1. The van der Waals surface area contributed by atoms with Crippen LogP contribution in [0.1, 0.15) is 0 Å². The van der Waals surface area contributed by atoms with Gasteiger partial charge in [-0.15, -0.1) is 5.10 Å². The summed E-state index contributed by atoms with van der Waals surface area (Å²) in [5, 5.41) is 7.09. The molecule has 0 atom stereocenters. The summed E-state index contributed by atoms with van der Waals surface area (Å²) >= 11 is 0. The molecule has 3 N–H and O–H groups in total. The van der Waals surface area contributed by atoms with Gasteiger partial charge in [-0.1, -0.05) is 0 Å². The highest BCUT2D eigenvalue weighted by atomic mass is 32.2. The first-order valence-corrected chi connectivity index (χ1v) is 7.14. The highest BCUT2D eigenvalue weighted by Crippen LogP contribution is 2.34. The molecule has 0 aliphatic rings. The molecule has 2 rings (SSSR count). The number of hydrogen-bond donors (Lipinski definition) is 2. The van der Waals surface area contributed by atoms with E-state index >= 15 is 0 Å². The Morgan fingerprint density at radius 2 is 1.86 bits per heavy atom. The number of nitrogens with one attached hydrogen (secondary N) is 1. The normalized spacial score (nSPS) is 11.0. The lowest BCUT2D eigenvalue weighted by atomic mass is 10.3. The molecule has 0 aliphatic heterocycles. The number of aromatic nitrogens is 3. The van der Waals surface area contributed by atoms with Gasteiger partial charge in [0.2, 0.25) is 0 Å². The quantitative estimate of drug-likeness (QED) is 0.753. The first-order chi connectivity index (χ1) is 9.97. The van der Waals surface area contributed by atoms with Crippen molar-refractivity contribution < 1.29 is 17.9 Å². The molecule has 0 aliphatic carbocycles. The maximum absolute atomic E-state index is 12.3. The number of anilines is 2. The molecule has 0 amide bonds. The van der Waals surface area contributed by atoms with E-state index in [2.05, 4.69) is 19.9 Å². The number of rotatable bonds is 5. The van der Waals surface area contributed by atoms with Crippen LogP contribution in [0.5, 0.6) is 11.5 Å². The monoisotopic (exact) mass is 311 g/mol. The lowest BCUT2D eigenvalue weighted by Gasteiger charge is -2.13. The third-order valence-corrected chi connectivity index (χ3v) is 3.86. The van der Waals surface area contributed by atoms with Crippen molar-refractivity contribution in [2.75, 3.05) is 24.7 Å². The number of hydrogen-bond acceptors (Lipinski definition) is 8. The molecule has 21 heavy (non-hydrogen) atoms. The van der Waals surface area contributed by atoms with Crippen LogP contribution in [0.2, 0.25) is 0 Å². The lowest BCUT2D eigenvalue weighted by Crippen LogP contribution is -2.16. The van der Waals surface area contributed by atoms with Crippen LogP contribution >= 0.6 is 0 Å². The van der Waals surface area contributed by atoms with Gasteiger partial charge < -0.3 is 15.2 Å². The molecule has 0 unspecified atom stereocenters. The number of sulfonamides is 1. The zero-order valence-electron chi connectivity index (χ0n) is 11.3. The summed E-state index contributed by atoms with van der Waals surface area (Å²) in [6.07, 6.45) is 2.63. The molecule has 2 aromatic rings. The molecule has 0 radical (unpaired) electrons. The molecule has 0 bridgehead atoms. The Morgan fingerprint density at radius 1 is 1.14 bits per heavy atom. The van der Waals surface area contributed by atoms with Crippen molar-refractivity contribution in [2.24, 2.45) is 0 Å².